The molecule has 2 aromatic rings. The molecule has 3 nitrogen and oxygen atoms in total. The average Bonchev–Trinajstić information content (AvgIpc) is 2.30. The number of Topliss-reactive ketones (excluding diaryl/α,β-unsaturated/α-hetero) is 1. The number of benzene rings is 1. The van der Waals surface area contributed by atoms with Crippen LogP contribution in [0.1, 0.15) is 17.3 Å². The smallest absolute Gasteiger partial charge is 0.160 e. The van der Waals surface area contributed by atoms with Crippen LogP contribution in [-0.4, -0.2) is 15.8 Å². The van der Waals surface area contributed by atoms with Crippen molar-refractivity contribution in [2.45, 2.75) is 6.92 Å². The Bertz CT molecular complexity index is 480. The molecule has 0 bridgehead atoms. The van der Waals surface area contributed by atoms with Crippen LogP contribution in [0.5, 0.6) is 0 Å². The zero-order valence-electron chi connectivity index (χ0n) is 8.34. The van der Waals surface area contributed by atoms with Crippen molar-refractivity contribution >= 4 is 5.78 Å². The zero-order chi connectivity index (χ0) is 10.7. The van der Waals surface area contributed by atoms with E-state index in [2.05, 4.69) is 9.97 Å². The van der Waals surface area contributed by atoms with Gasteiger partial charge in [0.15, 0.2) is 5.78 Å². The minimum atomic E-state index is 0.0382. The van der Waals surface area contributed by atoms with Crippen LogP contribution in [0, 0.1) is 0 Å². The summed E-state index contributed by atoms with van der Waals surface area (Å²) >= 11 is 0. The summed E-state index contributed by atoms with van der Waals surface area (Å²) in [7, 11) is 0. The van der Waals surface area contributed by atoms with Gasteiger partial charge < -0.3 is 0 Å². The Kier molecular flexibility index (Phi) is 2.54. The van der Waals surface area contributed by atoms with Crippen molar-refractivity contribution in [3.8, 4) is 11.3 Å². The molecule has 0 radical (unpaired) electrons. The molecule has 74 valence electrons. The molecular weight excluding hydrogens is 188 g/mol. The molecule has 0 saturated heterocycles. The maximum absolute atomic E-state index is 11.4. The average molecular weight is 198 g/mol. The van der Waals surface area contributed by atoms with Gasteiger partial charge >= 0.3 is 0 Å². The molecule has 0 aliphatic rings. The molecule has 0 atom stereocenters. The van der Waals surface area contributed by atoms with Gasteiger partial charge in [-0.2, -0.15) is 0 Å². The Labute approximate surface area is 87.8 Å². The van der Waals surface area contributed by atoms with E-state index in [1.165, 1.54) is 0 Å². The minimum absolute atomic E-state index is 0.0382. The fraction of sp³-hybridized carbons (Fsp3) is 0.0833. The number of hydrogen-bond acceptors (Lipinski definition) is 3. The van der Waals surface area contributed by atoms with Crippen molar-refractivity contribution in [3.05, 3.63) is 48.4 Å². The number of ketones is 1. The zero-order valence-corrected chi connectivity index (χ0v) is 8.34. The molecule has 1 heterocycles. The van der Waals surface area contributed by atoms with Crippen LogP contribution in [0.25, 0.3) is 11.3 Å². The molecule has 15 heavy (non-hydrogen) atoms. The minimum Gasteiger partial charge on any atom is -0.294 e. The number of carbonyl (C=O) groups excluding carboxylic acids is 1. The van der Waals surface area contributed by atoms with Crippen LogP contribution in [0.15, 0.2) is 42.9 Å². The summed E-state index contributed by atoms with van der Waals surface area (Å²) in [5.74, 6) is 0.0382. The predicted octanol–water partition coefficient (Wildman–Crippen LogP) is 2.35. The first-order valence-electron chi connectivity index (χ1n) is 4.65. The van der Waals surface area contributed by atoms with E-state index in [1.54, 1.807) is 31.6 Å². The Morgan fingerprint density at radius 3 is 2.67 bits per heavy atom. The Morgan fingerprint density at radius 1 is 1.20 bits per heavy atom. The lowest BCUT2D eigenvalue weighted by Gasteiger charge is -2.04. The molecule has 0 N–H and O–H groups in total. The lowest BCUT2D eigenvalue weighted by Crippen LogP contribution is -1.96. The van der Waals surface area contributed by atoms with Gasteiger partial charge in [0.25, 0.3) is 0 Å². The van der Waals surface area contributed by atoms with Crippen LogP contribution < -0.4 is 0 Å². The van der Waals surface area contributed by atoms with Crippen molar-refractivity contribution in [2.24, 2.45) is 0 Å². The van der Waals surface area contributed by atoms with Gasteiger partial charge in [0, 0.05) is 23.5 Å². The largest absolute Gasteiger partial charge is 0.294 e. The second kappa shape index (κ2) is 4.00. The normalized spacial score (nSPS) is 9.93. The third-order valence-corrected chi connectivity index (χ3v) is 2.15. The van der Waals surface area contributed by atoms with Crippen LogP contribution in [0.2, 0.25) is 0 Å². The van der Waals surface area contributed by atoms with E-state index in [0.717, 1.165) is 11.3 Å². The lowest BCUT2D eigenvalue weighted by molar-refractivity contribution is 0.101. The van der Waals surface area contributed by atoms with Crippen molar-refractivity contribution in [3.63, 3.8) is 0 Å². The van der Waals surface area contributed by atoms with Crippen LogP contribution in [0.4, 0.5) is 0 Å². The summed E-state index contributed by atoms with van der Waals surface area (Å²) < 4.78 is 0. The Hall–Kier alpha value is -2.03. The Balaban J connectivity index is 2.58. The molecular formula is C12H10N2O. The molecule has 1 aromatic carbocycles. The van der Waals surface area contributed by atoms with Gasteiger partial charge in [0.1, 0.15) is 0 Å². The summed E-state index contributed by atoms with van der Waals surface area (Å²) in [4.78, 5) is 19.6. The topological polar surface area (TPSA) is 42.9 Å². The quantitative estimate of drug-likeness (QED) is 0.695. The van der Waals surface area contributed by atoms with Crippen LogP contribution in [0.3, 0.4) is 0 Å². The van der Waals surface area contributed by atoms with Crippen molar-refractivity contribution in [1.29, 1.82) is 0 Å². The molecule has 0 aliphatic carbocycles. The van der Waals surface area contributed by atoms with Crippen molar-refractivity contribution < 1.29 is 4.79 Å². The molecule has 1 aromatic heterocycles. The van der Waals surface area contributed by atoms with E-state index in [9.17, 15) is 4.79 Å². The second-order valence-corrected chi connectivity index (χ2v) is 3.19. The number of hydrogen-bond donors (Lipinski definition) is 0. The van der Waals surface area contributed by atoms with E-state index < -0.39 is 0 Å². The lowest BCUT2D eigenvalue weighted by atomic mass is 10.0. The van der Waals surface area contributed by atoms with Gasteiger partial charge in [-0.05, 0) is 6.92 Å². The second-order valence-electron chi connectivity index (χ2n) is 3.19. The molecule has 3 heteroatoms. The van der Waals surface area contributed by atoms with Gasteiger partial charge in [-0.3, -0.25) is 14.8 Å². The van der Waals surface area contributed by atoms with Gasteiger partial charge in [-0.15, -0.1) is 0 Å². The number of rotatable bonds is 2. The standard InChI is InChI=1S/C12H10N2O/c1-9(15)10-4-2-3-5-11(10)12-8-13-6-7-14-12/h2-8H,1H3. The third kappa shape index (κ3) is 1.91. The van der Waals surface area contributed by atoms with E-state index in [4.69, 9.17) is 0 Å². The summed E-state index contributed by atoms with van der Waals surface area (Å²) in [5, 5.41) is 0. The predicted molar refractivity (Wildman–Crippen MR) is 57.5 cm³/mol. The van der Waals surface area contributed by atoms with Crippen molar-refractivity contribution in [1.82, 2.24) is 9.97 Å². The first kappa shape index (κ1) is 9.52. The first-order chi connectivity index (χ1) is 7.29. The summed E-state index contributed by atoms with van der Waals surface area (Å²) in [6.45, 7) is 1.55. The van der Waals surface area contributed by atoms with E-state index in [0.29, 0.717) is 5.56 Å². The van der Waals surface area contributed by atoms with Crippen LogP contribution in [-0.2, 0) is 0 Å². The highest BCUT2D eigenvalue weighted by Crippen LogP contribution is 2.20. The van der Waals surface area contributed by atoms with Gasteiger partial charge in [-0.25, -0.2) is 0 Å². The summed E-state index contributed by atoms with van der Waals surface area (Å²) in [5.41, 5.74) is 2.24. The monoisotopic (exact) mass is 198 g/mol. The number of aromatic nitrogens is 2. The van der Waals surface area contributed by atoms with Gasteiger partial charge in [0.2, 0.25) is 0 Å². The fourth-order valence-electron chi connectivity index (χ4n) is 1.45. The van der Waals surface area contributed by atoms with Crippen LogP contribution >= 0.6 is 0 Å². The molecule has 0 unspecified atom stereocenters. The molecule has 0 aliphatic heterocycles. The van der Waals surface area contributed by atoms with Gasteiger partial charge in [0.05, 0.1) is 11.9 Å². The maximum atomic E-state index is 11.4. The Morgan fingerprint density at radius 2 is 2.00 bits per heavy atom. The molecule has 0 amide bonds. The maximum Gasteiger partial charge on any atom is 0.160 e. The highest BCUT2D eigenvalue weighted by molar-refractivity contribution is 6.00. The molecule has 0 spiro atoms. The highest BCUT2D eigenvalue weighted by Gasteiger charge is 2.08. The van der Waals surface area contributed by atoms with E-state index >= 15 is 0 Å². The summed E-state index contributed by atoms with van der Waals surface area (Å²) in [6, 6.07) is 7.40. The number of nitrogens with zero attached hydrogens (tertiary/aromatic N) is 2. The van der Waals surface area contributed by atoms with E-state index in [1.807, 2.05) is 18.2 Å². The van der Waals surface area contributed by atoms with Gasteiger partial charge in [-0.1, -0.05) is 24.3 Å². The third-order valence-electron chi connectivity index (χ3n) is 2.15. The fourth-order valence-corrected chi connectivity index (χ4v) is 1.45. The highest BCUT2D eigenvalue weighted by atomic mass is 16.1. The van der Waals surface area contributed by atoms with Crippen molar-refractivity contribution in [2.75, 3.05) is 0 Å². The molecule has 2 rings (SSSR count). The molecule has 0 fully saturated rings. The SMILES string of the molecule is CC(=O)c1ccccc1-c1cnccn1. The first-order valence-corrected chi connectivity index (χ1v) is 4.65. The van der Waals surface area contributed by atoms with E-state index in [-0.39, 0.29) is 5.78 Å². The summed E-state index contributed by atoms with van der Waals surface area (Å²) in [6.07, 6.45) is 4.88. The molecule has 0 saturated carbocycles. The number of carbonyl (C=O) groups is 1.